The van der Waals surface area contributed by atoms with Crippen molar-refractivity contribution in [1.82, 2.24) is 10.6 Å². The molecule has 5 nitrogen and oxygen atoms in total. The lowest BCUT2D eigenvalue weighted by Gasteiger charge is -2.12. The number of rotatable bonds is 7. The summed E-state index contributed by atoms with van der Waals surface area (Å²) < 4.78 is 10.7. The minimum absolute atomic E-state index is 0.780. The minimum Gasteiger partial charge on any atom is -0.496 e. The molecule has 1 aromatic carbocycles. The van der Waals surface area contributed by atoms with Crippen LogP contribution in [0.1, 0.15) is 11.3 Å². The van der Waals surface area contributed by atoms with Crippen LogP contribution in [0.15, 0.2) is 52.1 Å². The molecule has 0 saturated heterocycles. The zero-order chi connectivity index (χ0) is 15.6. The molecule has 0 fully saturated rings. The maximum Gasteiger partial charge on any atom is 0.191 e. The molecule has 0 saturated carbocycles. The van der Waals surface area contributed by atoms with Crippen molar-refractivity contribution in [3.63, 3.8) is 0 Å². The largest absolute Gasteiger partial charge is 0.496 e. The van der Waals surface area contributed by atoms with Crippen molar-refractivity contribution >= 4 is 5.96 Å². The van der Waals surface area contributed by atoms with E-state index in [1.807, 2.05) is 30.3 Å². The van der Waals surface area contributed by atoms with Crippen LogP contribution in [0, 0.1) is 0 Å². The van der Waals surface area contributed by atoms with E-state index in [2.05, 4.69) is 21.7 Å². The first-order valence-electron chi connectivity index (χ1n) is 7.42. The monoisotopic (exact) mass is 301 g/mol. The Kier molecular flexibility index (Phi) is 6.36. The van der Waals surface area contributed by atoms with E-state index in [0.717, 1.165) is 43.4 Å². The third-order valence-corrected chi connectivity index (χ3v) is 3.35. The number of aliphatic imine (C=N–C) groups is 1. The highest BCUT2D eigenvalue weighted by molar-refractivity contribution is 5.79. The maximum absolute atomic E-state index is 5.35. The fourth-order valence-corrected chi connectivity index (χ4v) is 2.20. The third-order valence-electron chi connectivity index (χ3n) is 3.35. The molecule has 0 amide bonds. The Hall–Kier alpha value is -2.43. The van der Waals surface area contributed by atoms with E-state index in [1.165, 1.54) is 5.56 Å². The average Bonchev–Trinajstić information content (AvgIpc) is 3.07. The van der Waals surface area contributed by atoms with E-state index in [9.17, 15) is 0 Å². The molecule has 22 heavy (non-hydrogen) atoms. The molecule has 0 unspecified atom stereocenters. The molecule has 2 rings (SSSR count). The molecular weight excluding hydrogens is 278 g/mol. The second kappa shape index (κ2) is 8.77. The molecule has 1 aromatic heterocycles. The van der Waals surface area contributed by atoms with Crippen LogP contribution >= 0.6 is 0 Å². The van der Waals surface area contributed by atoms with Gasteiger partial charge in [-0.25, -0.2) is 0 Å². The highest BCUT2D eigenvalue weighted by Crippen LogP contribution is 2.17. The lowest BCUT2D eigenvalue weighted by atomic mass is 10.1. The molecule has 2 aromatic rings. The van der Waals surface area contributed by atoms with Crippen LogP contribution < -0.4 is 15.4 Å². The Balaban J connectivity index is 1.72. The van der Waals surface area contributed by atoms with E-state index in [0.29, 0.717) is 0 Å². The van der Waals surface area contributed by atoms with Gasteiger partial charge in [-0.05, 0) is 30.2 Å². The van der Waals surface area contributed by atoms with Crippen molar-refractivity contribution in [2.24, 2.45) is 4.99 Å². The second-order valence-corrected chi connectivity index (χ2v) is 4.82. The van der Waals surface area contributed by atoms with Crippen molar-refractivity contribution in [1.29, 1.82) is 0 Å². The predicted octanol–water partition coefficient (Wildman–Crippen LogP) is 2.24. The third kappa shape index (κ3) is 4.84. The highest BCUT2D eigenvalue weighted by Gasteiger charge is 2.03. The molecule has 0 bridgehead atoms. The van der Waals surface area contributed by atoms with Gasteiger partial charge in [0.1, 0.15) is 11.5 Å². The van der Waals surface area contributed by atoms with Crippen molar-refractivity contribution in [3.8, 4) is 5.75 Å². The van der Waals surface area contributed by atoms with Gasteiger partial charge in [0, 0.05) is 26.6 Å². The van der Waals surface area contributed by atoms with Crippen molar-refractivity contribution in [3.05, 3.63) is 54.0 Å². The second-order valence-electron chi connectivity index (χ2n) is 4.82. The number of guanidine groups is 1. The van der Waals surface area contributed by atoms with Crippen LogP contribution in [0.2, 0.25) is 0 Å². The molecule has 0 radical (unpaired) electrons. The van der Waals surface area contributed by atoms with Gasteiger partial charge in [-0.1, -0.05) is 18.2 Å². The van der Waals surface area contributed by atoms with Crippen LogP contribution in [0.5, 0.6) is 5.75 Å². The Morgan fingerprint density at radius 2 is 1.86 bits per heavy atom. The van der Waals surface area contributed by atoms with Crippen LogP contribution in [0.4, 0.5) is 0 Å². The number of furan rings is 1. The van der Waals surface area contributed by atoms with Crippen LogP contribution in [0.3, 0.4) is 0 Å². The number of hydrogen-bond acceptors (Lipinski definition) is 3. The van der Waals surface area contributed by atoms with Gasteiger partial charge in [-0.3, -0.25) is 4.99 Å². The first kappa shape index (κ1) is 15.9. The highest BCUT2D eigenvalue weighted by atomic mass is 16.5. The Morgan fingerprint density at radius 3 is 2.55 bits per heavy atom. The predicted molar refractivity (Wildman–Crippen MR) is 88.5 cm³/mol. The van der Waals surface area contributed by atoms with Gasteiger partial charge < -0.3 is 19.8 Å². The molecule has 5 heteroatoms. The number of benzene rings is 1. The first-order valence-corrected chi connectivity index (χ1v) is 7.42. The molecule has 0 aliphatic rings. The molecule has 0 aliphatic carbocycles. The summed E-state index contributed by atoms with van der Waals surface area (Å²) in [4.78, 5) is 4.21. The van der Waals surface area contributed by atoms with Gasteiger partial charge >= 0.3 is 0 Å². The van der Waals surface area contributed by atoms with Gasteiger partial charge in [0.05, 0.1) is 13.4 Å². The smallest absolute Gasteiger partial charge is 0.191 e. The molecule has 0 atom stereocenters. The number of methoxy groups -OCH3 is 1. The number of para-hydroxylation sites is 1. The van der Waals surface area contributed by atoms with Crippen molar-refractivity contribution in [2.75, 3.05) is 27.2 Å². The summed E-state index contributed by atoms with van der Waals surface area (Å²) in [6.45, 7) is 1.57. The summed E-state index contributed by atoms with van der Waals surface area (Å²) in [5.41, 5.74) is 1.18. The maximum atomic E-state index is 5.35. The molecule has 118 valence electrons. The number of nitrogens with zero attached hydrogens (tertiary/aromatic N) is 1. The van der Waals surface area contributed by atoms with E-state index < -0.39 is 0 Å². The zero-order valence-corrected chi connectivity index (χ0v) is 13.1. The molecule has 2 N–H and O–H groups in total. The van der Waals surface area contributed by atoms with Gasteiger partial charge in [0.15, 0.2) is 5.96 Å². The van der Waals surface area contributed by atoms with Gasteiger partial charge in [0.2, 0.25) is 0 Å². The van der Waals surface area contributed by atoms with Crippen LogP contribution in [-0.2, 0) is 12.8 Å². The van der Waals surface area contributed by atoms with E-state index in [-0.39, 0.29) is 0 Å². The summed E-state index contributed by atoms with van der Waals surface area (Å²) in [5, 5.41) is 6.57. The standard InChI is InChI=1S/C17H23N3O2/c1-18-17(20-12-10-15-7-5-13-22-15)19-11-9-14-6-3-4-8-16(14)21-2/h3-8,13H,9-12H2,1-2H3,(H2,18,19,20). The fraction of sp³-hybridized carbons (Fsp3) is 0.353. The lowest BCUT2D eigenvalue weighted by Crippen LogP contribution is -2.39. The summed E-state index contributed by atoms with van der Waals surface area (Å²) in [7, 11) is 3.46. The lowest BCUT2D eigenvalue weighted by molar-refractivity contribution is 0.409. The Morgan fingerprint density at radius 1 is 1.09 bits per heavy atom. The summed E-state index contributed by atoms with van der Waals surface area (Å²) >= 11 is 0. The average molecular weight is 301 g/mol. The zero-order valence-electron chi connectivity index (χ0n) is 13.1. The summed E-state index contributed by atoms with van der Waals surface area (Å²) in [5.74, 6) is 2.68. The molecule has 0 aliphatic heterocycles. The summed E-state index contributed by atoms with van der Waals surface area (Å²) in [6.07, 6.45) is 3.40. The minimum atomic E-state index is 0.780. The Labute approximate surface area is 131 Å². The van der Waals surface area contributed by atoms with Crippen LogP contribution in [0.25, 0.3) is 0 Å². The molecule has 1 heterocycles. The number of nitrogens with one attached hydrogen (secondary N) is 2. The number of ether oxygens (including phenoxy) is 1. The van der Waals surface area contributed by atoms with Gasteiger partial charge in [-0.15, -0.1) is 0 Å². The van der Waals surface area contributed by atoms with E-state index in [1.54, 1.807) is 20.4 Å². The molecule has 0 spiro atoms. The van der Waals surface area contributed by atoms with Gasteiger partial charge in [0.25, 0.3) is 0 Å². The number of hydrogen-bond donors (Lipinski definition) is 2. The quantitative estimate of drug-likeness (QED) is 0.608. The van der Waals surface area contributed by atoms with Gasteiger partial charge in [-0.2, -0.15) is 0 Å². The summed E-state index contributed by atoms with van der Waals surface area (Å²) in [6, 6.07) is 11.9. The SMILES string of the molecule is CN=C(NCCc1ccco1)NCCc1ccccc1OC. The van der Waals surface area contributed by atoms with Crippen molar-refractivity contribution in [2.45, 2.75) is 12.8 Å². The molecular formula is C17H23N3O2. The first-order chi connectivity index (χ1) is 10.8. The Bertz CT molecular complexity index is 579. The van der Waals surface area contributed by atoms with E-state index >= 15 is 0 Å². The normalized spacial score (nSPS) is 11.3. The fourth-order valence-electron chi connectivity index (χ4n) is 2.20. The van der Waals surface area contributed by atoms with Crippen molar-refractivity contribution < 1.29 is 9.15 Å². The van der Waals surface area contributed by atoms with Crippen LogP contribution in [-0.4, -0.2) is 33.2 Å². The van der Waals surface area contributed by atoms with E-state index in [4.69, 9.17) is 9.15 Å². The topological polar surface area (TPSA) is 58.8 Å².